The third kappa shape index (κ3) is 3.56. The highest BCUT2D eigenvalue weighted by Crippen LogP contribution is 2.24. The molecule has 1 aromatic heterocycles. The Kier molecular flexibility index (Phi) is 3.98. The minimum atomic E-state index is -0.571. The van der Waals surface area contributed by atoms with Gasteiger partial charge in [0, 0.05) is 12.6 Å². The van der Waals surface area contributed by atoms with Crippen molar-refractivity contribution in [1.29, 1.82) is 0 Å². The maximum Gasteiger partial charge on any atom is 0.410 e. The molecular formula is C15H22N2O4. The minimum absolute atomic E-state index is 0.000991. The van der Waals surface area contributed by atoms with Gasteiger partial charge in [0.25, 0.3) is 0 Å². The lowest BCUT2D eigenvalue weighted by molar-refractivity contribution is -0.122. The third-order valence-electron chi connectivity index (χ3n) is 3.14. The zero-order valence-corrected chi connectivity index (χ0v) is 13.2. The molecule has 6 heteroatoms. The molecule has 2 amide bonds. The van der Waals surface area contributed by atoms with E-state index in [0.717, 1.165) is 5.76 Å². The number of carbonyl (C=O) groups is 2. The molecule has 2 heterocycles. The first-order valence-electron chi connectivity index (χ1n) is 7.04. The molecule has 6 nitrogen and oxygen atoms in total. The van der Waals surface area contributed by atoms with Crippen molar-refractivity contribution >= 4 is 17.9 Å². The van der Waals surface area contributed by atoms with Crippen LogP contribution in [-0.4, -0.2) is 41.6 Å². The van der Waals surface area contributed by atoms with Gasteiger partial charge in [-0.15, -0.1) is 0 Å². The molecule has 21 heavy (non-hydrogen) atoms. The highest BCUT2D eigenvalue weighted by molar-refractivity contribution is 5.96. The van der Waals surface area contributed by atoms with Gasteiger partial charge in [-0.25, -0.2) is 4.79 Å². The fourth-order valence-electron chi connectivity index (χ4n) is 2.31. The minimum Gasteiger partial charge on any atom is -0.445 e. The van der Waals surface area contributed by atoms with Gasteiger partial charge in [0.15, 0.2) is 0 Å². The summed E-state index contributed by atoms with van der Waals surface area (Å²) in [5.74, 6) is 1.10. The Balaban J connectivity index is 2.09. The van der Waals surface area contributed by atoms with Crippen LogP contribution in [0.5, 0.6) is 0 Å². The van der Waals surface area contributed by atoms with Crippen LogP contribution in [0.4, 0.5) is 10.7 Å². The van der Waals surface area contributed by atoms with Gasteiger partial charge in [0.1, 0.15) is 17.9 Å². The van der Waals surface area contributed by atoms with Gasteiger partial charge in [-0.1, -0.05) is 0 Å². The summed E-state index contributed by atoms with van der Waals surface area (Å²) in [6.07, 6.45) is -0.460. The lowest BCUT2D eigenvalue weighted by Gasteiger charge is -2.38. The second kappa shape index (κ2) is 5.42. The summed E-state index contributed by atoms with van der Waals surface area (Å²) in [6, 6.07) is 3.42. The van der Waals surface area contributed by atoms with E-state index in [4.69, 9.17) is 9.15 Å². The van der Waals surface area contributed by atoms with Gasteiger partial charge >= 0.3 is 6.09 Å². The molecule has 1 saturated heterocycles. The quantitative estimate of drug-likeness (QED) is 0.798. The Morgan fingerprint density at radius 2 is 2.05 bits per heavy atom. The predicted molar refractivity (Wildman–Crippen MR) is 78.2 cm³/mol. The average molecular weight is 294 g/mol. The van der Waals surface area contributed by atoms with Crippen molar-refractivity contribution < 1.29 is 18.7 Å². The number of hydrogen-bond acceptors (Lipinski definition) is 4. The average Bonchev–Trinajstić information content (AvgIpc) is 2.72. The lowest BCUT2D eigenvalue weighted by atomic mass is 10.2. The first kappa shape index (κ1) is 15.4. The molecule has 1 aliphatic heterocycles. The van der Waals surface area contributed by atoms with E-state index in [1.807, 2.05) is 19.9 Å². The van der Waals surface area contributed by atoms with Gasteiger partial charge in [0.05, 0.1) is 6.04 Å². The van der Waals surface area contributed by atoms with E-state index in [1.165, 1.54) is 4.90 Å². The maximum absolute atomic E-state index is 12.3. The van der Waals surface area contributed by atoms with E-state index in [9.17, 15) is 9.59 Å². The summed E-state index contributed by atoms with van der Waals surface area (Å²) in [7, 11) is 0. The number of anilines is 1. The second-order valence-corrected chi connectivity index (χ2v) is 6.36. The van der Waals surface area contributed by atoms with Gasteiger partial charge in [-0.05, 0) is 40.7 Å². The number of rotatable bonds is 1. The van der Waals surface area contributed by atoms with E-state index < -0.39 is 11.7 Å². The van der Waals surface area contributed by atoms with Crippen LogP contribution in [0.15, 0.2) is 16.5 Å². The van der Waals surface area contributed by atoms with Gasteiger partial charge in [0.2, 0.25) is 11.8 Å². The zero-order chi connectivity index (χ0) is 15.8. The first-order chi connectivity index (χ1) is 9.67. The summed E-state index contributed by atoms with van der Waals surface area (Å²) < 4.78 is 10.8. The number of furan rings is 1. The van der Waals surface area contributed by atoms with Crippen molar-refractivity contribution in [3.63, 3.8) is 0 Å². The molecule has 0 saturated carbocycles. The summed E-state index contributed by atoms with van der Waals surface area (Å²) in [5, 5.41) is 0. The van der Waals surface area contributed by atoms with Crippen LogP contribution in [0.2, 0.25) is 0 Å². The Bertz CT molecular complexity index is 544. The number of carbonyl (C=O) groups excluding carboxylic acids is 2. The van der Waals surface area contributed by atoms with Crippen molar-refractivity contribution in [1.82, 2.24) is 4.90 Å². The molecule has 0 N–H and O–H groups in total. The highest BCUT2D eigenvalue weighted by Gasteiger charge is 2.36. The molecule has 0 radical (unpaired) electrons. The van der Waals surface area contributed by atoms with Crippen LogP contribution in [0.25, 0.3) is 0 Å². The SMILES string of the molecule is Cc1ccc(N2C(=O)CN(C(=O)OC(C)(C)C)CC2C)o1. The van der Waals surface area contributed by atoms with E-state index in [2.05, 4.69) is 0 Å². The van der Waals surface area contributed by atoms with Gasteiger partial charge in [-0.3, -0.25) is 14.6 Å². The highest BCUT2D eigenvalue weighted by atomic mass is 16.6. The standard InChI is InChI=1S/C15H22N2O4/c1-10-8-16(14(19)21-15(3,4)5)9-12(18)17(10)13-7-6-11(2)20-13/h6-7,10H,8-9H2,1-5H3. The van der Waals surface area contributed by atoms with Crippen LogP contribution < -0.4 is 4.90 Å². The van der Waals surface area contributed by atoms with Gasteiger partial charge < -0.3 is 9.15 Å². The summed E-state index contributed by atoms with van der Waals surface area (Å²) in [6.45, 7) is 9.54. The number of piperazine rings is 1. The number of aryl methyl sites for hydroxylation is 1. The van der Waals surface area contributed by atoms with Crippen LogP contribution in [0, 0.1) is 6.92 Å². The molecule has 1 aliphatic rings. The van der Waals surface area contributed by atoms with Crippen molar-refractivity contribution in [3.05, 3.63) is 17.9 Å². The fraction of sp³-hybridized carbons (Fsp3) is 0.600. The molecule has 1 fully saturated rings. The van der Waals surface area contributed by atoms with Crippen molar-refractivity contribution in [2.45, 2.75) is 46.3 Å². The normalized spacial score (nSPS) is 19.9. The first-order valence-corrected chi connectivity index (χ1v) is 7.04. The van der Waals surface area contributed by atoms with Crippen LogP contribution in [0.1, 0.15) is 33.5 Å². The molecule has 0 aromatic carbocycles. The zero-order valence-electron chi connectivity index (χ0n) is 13.2. The largest absolute Gasteiger partial charge is 0.445 e. The summed E-state index contributed by atoms with van der Waals surface area (Å²) in [4.78, 5) is 27.4. The molecule has 1 unspecified atom stereocenters. The Morgan fingerprint density at radius 3 is 2.52 bits per heavy atom. The van der Waals surface area contributed by atoms with Crippen molar-refractivity contribution in [3.8, 4) is 0 Å². The second-order valence-electron chi connectivity index (χ2n) is 6.36. The molecule has 1 aromatic rings. The monoisotopic (exact) mass is 294 g/mol. The van der Waals surface area contributed by atoms with Crippen molar-refractivity contribution in [2.75, 3.05) is 18.0 Å². The van der Waals surface area contributed by atoms with E-state index in [0.29, 0.717) is 12.4 Å². The molecule has 116 valence electrons. The Hall–Kier alpha value is -1.98. The smallest absolute Gasteiger partial charge is 0.410 e. The number of hydrogen-bond donors (Lipinski definition) is 0. The van der Waals surface area contributed by atoms with E-state index in [1.54, 1.807) is 31.7 Å². The molecule has 0 aliphatic carbocycles. The van der Waals surface area contributed by atoms with Crippen LogP contribution >= 0.6 is 0 Å². The van der Waals surface area contributed by atoms with Gasteiger partial charge in [-0.2, -0.15) is 0 Å². The number of ether oxygens (including phenoxy) is 1. The fourth-order valence-corrected chi connectivity index (χ4v) is 2.31. The van der Waals surface area contributed by atoms with E-state index in [-0.39, 0.29) is 18.5 Å². The molecule has 1 atom stereocenters. The third-order valence-corrected chi connectivity index (χ3v) is 3.14. The predicted octanol–water partition coefficient (Wildman–Crippen LogP) is 2.56. The summed E-state index contributed by atoms with van der Waals surface area (Å²) in [5.41, 5.74) is -0.571. The van der Waals surface area contributed by atoms with Crippen molar-refractivity contribution in [2.24, 2.45) is 0 Å². The Labute approximate surface area is 124 Å². The van der Waals surface area contributed by atoms with Crippen LogP contribution in [0.3, 0.4) is 0 Å². The number of amides is 2. The topological polar surface area (TPSA) is 63.0 Å². The van der Waals surface area contributed by atoms with Crippen LogP contribution in [-0.2, 0) is 9.53 Å². The number of nitrogens with zero attached hydrogens (tertiary/aromatic N) is 2. The maximum atomic E-state index is 12.3. The molecule has 0 bridgehead atoms. The lowest BCUT2D eigenvalue weighted by Crippen LogP contribution is -2.57. The summed E-state index contributed by atoms with van der Waals surface area (Å²) >= 11 is 0. The van der Waals surface area contributed by atoms with E-state index >= 15 is 0 Å². The molecule has 2 rings (SSSR count). The molecular weight excluding hydrogens is 272 g/mol. The Morgan fingerprint density at radius 1 is 1.38 bits per heavy atom. The molecule has 0 spiro atoms.